The molecular formula is C20H22Cl3NO2. The number of carbonyl (C=O) groups excluding carboxylic acids is 1. The molecule has 140 valence electrons. The number of halogens is 3. The second kappa shape index (κ2) is 8.08. The van der Waals surface area contributed by atoms with Gasteiger partial charge in [-0.1, -0.05) is 55.6 Å². The Bertz CT molecular complexity index is 819. The molecule has 0 aliphatic rings. The molecule has 0 aliphatic heterocycles. The van der Waals surface area contributed by atoms with Crippen molar-refractivity contribution in [1.82, 2.24) is 0 Å². The van der Waals surface area contributed by atoms with Crippen LogP contribution < -0.4 is 10.1 Å². The highest BCUT2D eigenvalue weighted by atomic mass is 35.5. The predicted octanol–water partition coefficient (Wildman–Crippen LogP) is 6.58. The lowest BCUT2D eigenvalue weighted by Crippen LogP contribution is -2.21. The highest BCUT2D eigenvalue weighted by Gasteiger charge is 2.19. The van der Waals surface area contributed by atoms with Gasteiger partial charge in [-0.05, 0) is 60.2 Å². The third kappa shape index (κ3) is 5.06. The zero-order valence-corrected chi connectivity index (χ0v) is 17.7. The standard InChI is InChI=1S/C20H22Cl3NO2/c1-11-6-14(7-12(2)18(11)22)26-10-17(25)24-16-9-13(20(3,4)5)8-15(21)19(16)23/h6-9H,10H2,1-5H3,(H,24,25). The van der Waals surface area contributed by atoms with Crippen LogP contribution in [0.25, 0.3) is 0 Å². The summed E-state index contributed by atoms with van der Waals surface area (Å²) in [7, 11) is 0. The minimum Gasteiger partial charge on any atom is -0.484 e. The molecule has 2 aromatic rings. The molecule has 0 saturated carbocycles. The third-order valence-electron chi connectivity index (χ3n) is 3.95. The first-order valence-corrected chi connectivity index (χ1v) is 9.31. The number of nitrogens with one attached hydrogen (secondary N) is 1. The first-order valence-electron chi connectivity index (χ1n) is 8.18. The Labute approximate surface area is 169 Å². The number of hydrogen-bond acceptors (Lipinski definition) is 2. The molecule has 26 heavy (non-hydrogen) atoms. The molecule has 0 spiro atoms. The maximum Gasteiger partial charge on any atom is 0.262 e. The van der Waals surface area contributed by atoms with Crippen molar-refractivity contribution in [2.45, 2.75) is 40.0 Å². The Morgan fingerprint density at radius 3 is 2.12 bits per heavy atom. The van der Waals surface area contributed by atoms with Crippen LogP contribution in [0.15, 0.2) is 24.3 Å². The number of rotatable bonds is 4. The molecule has 6 heteroatoms. The summed E-state index contributed by atoms with van der Waals surface area (Å²) in [5.41, 5.74) is 3.13. The van der Waals surface area contributed by atoms with Crippen molar-refractivity contribution in [3.05, 3.63) is 56.0 Å². The molecule has 0 heterocycles. The average molecular weight is 415 g/mol. The minimum absolute atomic E-state index is 0.122. The Morgan fingerprint density at radius 1 is 1.00 bits per heavy atom. The lowest BCUT2D eigenvalue weighted by atomic mass is 9.87. The van der Waals surface area contributed by atoms with Gasteiger partial charge in [-0.15, -0.1) is 0 Å². The van der Waals surface area contributed by atoms with Gasteiger partial charge in [-0.2, -0.15) is 0 Å². The summed E-state index contributed by atoms with van der Waals surface area (Å²) < 4.78 is 5.58. The van der Waals surface area contributed by atoms with Gasteiger partial charge in [-0.25, -0.2) is 0 Å². The average Bonchev–Trinajstić information content (AvgIpc) is 2.53. The van der Waals surface area contributed by atoms with Crippen molar-refractivity contribution in [3.8, 4) is 5.75 Å². The van der Waals surface area contributed by atoms with Crippen molar-refractivity contribution in [3.63, 3.8) is 0 Å². The summed E-state index contributed by atoms with van der Waals surface area (Å²) in [5.74, 6) is 0.270. The van der Waals surface area contributed by atoms with Gasteiger partial charge in [0.1, 0.15) is 5.75 Å². The van der Waals surface area contributed by atoms with Crippen molar-refractivity contribution in [1.29, 1.82) is 0 Å². The molecule has 0 bridgehead atoms. The second-order valence-corrected chi connectivity index (χ2v) is 8.44. The quantitative estimate of drug-likeness (QED) is 0.613. The number of anilines is 1. The van der Waals surface area contributed by atoms with Crippen LogP contribution in [0.3, 0.4) is 0 Å². The molecule has 0 radical (unpaired) electrons. The lowest BCUT2D eigenvalue weighted by Gasteiger charge is -2.21. The summed E-state index contributed by atoms with van der Waals surface area (Å²) in [5, 5.41) is 4.18. The van der Waals surface area contributed by atoms with Gasteiger partial charge >= 0.3 is 0 Å². The predicted molar refractivity (Wildman–Crippen MR) is 110 cm³/mol. The van der Waals surface area contributed by atoms with E-state index in [0.29, 0.717) is 26.5 Å². The topological polar surface area (TPSA) is 38.3 Å². The number of hydrogen-bond donors (Lipinski definition) is 1. The van der Waals surface area contributed by atoms with E-state index in [0.717, 1.165) is 16.7 Å². The number of ether oxygens (including phenoxy) is 1. The molecule has 0 aliphatic carbocycles. The Balaban J connectivity index is 2.12. The van der Waals surface area contributed by atoms with E-state index in [1.54, 1.807) is 12.1 Å². The monoisotopic (exact) mass is 413 g/mol. The maximum atomic E-state index is 12.3. The van der Waals surface area contributed by atoms with E-state index in [-0.39, 0.29) is 17.9 Å². The SMILES string of the molecule is Cc1cc(OCC(=O)Nc2cc(C(C)(C)C)cc(Cl)c2Cl)cc(C)c1Cl. The molecule has 3 nitrogen and oxygen atoms in total. The molecule has 2 aromatic carbocycles. The molecule has 0 aromatic heterocycles. The molecule has 0 saturated heterocycles. The van der Waals surface area contributed by atoms with E-state index in [1.807, 2.05) is 26.0 Å². The molecular weight excluding hydrogens is 393 g/mol. The van der Waals surface area contributed by atoms with Crippen molar-refractivity contribution in [2.75, 3.05) is 11.9 Å². The smallest absolute Gasteiger partial charge is 0.262 e. The van der Waals surface area contributed by atoms with Crippen LogP contribution in [0.4, 0.5) is 5.69 Å². The first-order chi connectivity index (χ1) is 12.0. The molecule has 0 atom stereocenters. The van der Waals surface area contributed by atoms with Gasteiger partial charge in [-0.3, -0.25) is 4.79 Å². The van der Waals surface area contributed by atoms with Gasteiger partial charge in [0, 0.05) is 5.02 Å². The minimum atomic E-state index is -0.320. The fraction of sp³-hybridized carbons (Fsp3) is 0.350. The highest BCUT2D eigenvalue weighted by molar-refractivity contribution is 6.44. The summed E-state index contributed by atoms with van der Waals surface area (Å²) in [6.07, 6.45) is 0. The van der Waals surface area contributed by atoms with Gasteiger partial charge in [0.05, 0.1) is 15.7 Å². The van der Waals surface area contributed by atoms with Gasteiger partial charge in [0.2, 0.25) is 0 Å². The summed E-state index contributed by atoms with van der Waals surface area (Å²) in [4.78, 5) is 12.3. The van der Waals surface area contributed by atoms with Crippen LogP contribution in [0.5, 0.6) is 5.75 Å². The van der Waals surface area contributed by atoms with Crippen molar-refractivity contribution >= 4 is 46.4 Å². The molecule has 0 fully saturated rings. The zero-order chi connectivity index (χ0) is 19.6. The van der Waals surface area contributed by atoms with Crippen molar-refractivity contribution in [2.24, 2.45) is 0 Å². The number of aryl methyl sites for hydroxylation is 2. The van der Waals surface area contributed by atoms with Crippen LogP contribution in [0.2, 0.25) is 15.1 Å². The van der Waals surface area contributed by atoms with Crippen LogP contribution in [0, 0.1) is 13.8 Å². The van der Waals surface area contributed by atoms with Crippen LogP contribution in [-0.2, 0) is 10.2 Å². The van der Waals surface area contributed by atoms with Gasteiger partial charge in [0.25, 0.3) is 5.91 Å². The van der Waals surface area contributed by atoms with E-state index < -0.39 is 0 Å². The van der Waals surface area contributed by atoms with Gasteiger partial charge in [0.15, 0.2) is 6.61 Å². The Morgan fingerprint density at radius 2 is 1.58 bits per heavy atom. The Kier molecular flexibility index (Phi) is 6.49. The third-order valence-corrected chi connectivity index (χ3v) is 5.35. The van der Waals surface area contributed by atoms with E-state index >= 15 is 0 Å². The molecule has 2 rings (SSSR count). The second-order valence-electron chi connectivity index (χ2n) is 7.28. The largest absolute Gasteiger partial charge is 0.484 e. The maximum absolute atomic E-state index is 12.3. The fourth-order valence-corrected chi connectivity index (χ4v) is 2.92. The molecule has 0 unspecified atom stereocenters. The lowest BCUT2D eigenvalue weighted by molar-refractivity contribution is -0.118. The molecule has 1 amide bonds. The van der Waals surface area contributed by atoms with E-state index in [4.69, 9.17) is 39.5 Å². The van der Waals surface area contributed by atoms with Crippen molar-refractivity contribution < 1.29 is 9.53 Å². The van der Waals surface area contributed by atoms with E-state index in [1.165, 1.54) is 0 Å². The summed E-state index contributed by atoms with van der Waals surface area (Å²) >= 11 is 18.6. The number of amides is 1. The first kappa shape index (κ1) is 20.9. The van der Waals surface area contributed by atoms with Crippen LogP contribution in [0.1, 0.15) is 37.5 Å². The van der Waals surface area contributed by atoms with E-state index in [9.17, 15) is 4.79 Å². The highest BCUT2D eigenvalue weighted by Crippen LogP contribution is 2.36. The van der Waals surface area contributed by atoms with Crippen LogP contribution in [-0.4, -0.2) is 12.5 Å². The summed E-state index contributed by atoms with van der Waals surface area (Å²) in [6, 6.07) is 7.25. The van der Waals surface area contributed by atoms with Crippen LogP contribution >= 0.6 is 34.8 Å². The fourth-order valence-electron chi connectivity index (χ4n) is 2.44. The number of carbonyl (C=O) groups is 1. The van der Waals surface area contributed by atoms with Gasteiger partial charge < -0.3 is 10.1 Å². The zero-order valence-electron chi connectivity index (χ0n) is 15.5. The Hall–Kier alpha value is -1.42. The normalized spacial score (nSPS) is 11.4. The molecule has 1 N–H and O–H groups in total. The summed E-state index contributed by atoms with van der Waals surface area (Å²) in [6.45, 7) is 9.82. The number of benzene rings is 2. The van der Waals surface area contributed by atoms with E-state index in [2.05, 4.69) is 26.1 Å².